The van der Waals surface area contributed by atoms with Crippen LogP contribution in [0.3, 0.4) is 0 Å². The molecule has 0 radical (unpaired) electrons. The smallest absolute Gasteiger partial charge is 0.308 e. The number of esters is 1. The number of thiazole rings is 1. The van der Waals surface area contributed by atoms with Crippen molar-refractivity contribution in [3.63, 3.8) is 0 Å². The van der Waals surface area contributed by atoms with Crippen molar-refractivity contribution in [3.05, 3.63) is 86.7 Å². The molecule has 0 bridgehead atoms. The van der Waals surface area contributed by atoms with Crippen molar-refractivity contribution in [2.75, 3.05) is 14.2 Å². The Morgan fingerprint density at radius 1 is 1.04 bits per heavy atom. The van der Waals surface area contributed by atoms with E-state index in [4.69, 9.17) is 10.3 Å². The Bertz CT molecular complexity index is 1540. The van der Waals surface area contributed by atoms with Gasteiger partial charge in [-0.3, -0.25) is 14.4 Å². The molecule has 3 aromatic rings. The van der Waals surface area contributed by atoms with Crippen LogP contribution >= 0.6 is 11.3 Å². The Balaban J connectivity index is 1.74. The lowest BCUT2D eigenvalue weighted by Crippen LogP contribution is -2.47. The van der Waals surface area contributed by atoms with E-state index in [0.717, 1.165) is 16.7 Å². The fraction of sp³-hybridized carbons (Fsp3) is 0.500. The average molecular weight is 677 g/mol. The average Bonchev–Trinajstić information content (AvgIpc) is 3.59. The molecule has 2 amide bonds. The number of azide groups is 1. The molecule has 0 fully saturated rings. The summed E-state index contributed by atoms with van der Waals surface area (Å²) in [6.07, 6.45) is 0.689. The number of hydrogen-bond acceptors (Lipinski definition) is 8. The molecular weight excluding hydrogens is 629 g/mol. The number of nitrogens with one attached hydrogen (secondary N) is 1. The molecule has 2 unspecified atom stereocenters. The van der Waals surface area contributed by atoms with Gasteiger partial charge in [0.2, 0.25) is 5.91 Å². The summed E-state index contributed by atoms with van der Waals surface area (Å²) in [7, 11) is 3.01. The molecule has 11 nitrogen and oxygen atoms in total. The molecule has 0 saturated carbocycles. The lowest BCUT2D eigenvalue weighted by molar-refractivity contribution is -0.145. The number of aliphatic hydroxyl groups is 1. The van der Waals surface area contributed by atoms with Crippen LogP contribution in [-0.4, -0.2) is 65.1 Å². The molecule has 1 aromatic heterocycles. The number of hydrogen-bond donors (Lipinski definition) is 2. The zero-order valence-corrected chi connectivity index (χ0v) is 29.7. The maximum absolute atomic E-state index is 13.4. The number of amides is 2. The molecule has 2 N–H and O–H groups in total. The van der Waals surface area contributed by atoms with E-state index in [1.807, 2.05) is 82.3 Å². The molecule has 0 aliphatic heterocycles. The van der Waals surface area contributed by atoms with Crippen LogP contribution in [0.4, 0.5) is 0 Å². The monoisotopic (exact) mass is 676 g/mol. The van der Waals surface area contributed by atoms with E-state index in [1.54, 1.807) is 24.3 Å². The maximum atomic E-state index is 13.4. The predicted octanol–water partition coefficient (Wildman–Crippen LogP) is 6.98. The van der Waals surface area contributed by atoms with Crippen LogP contribution in [-0.2, 0) is 20.7 Å². The maximum Gasteiger partial charge on any atom is 0.308 e. The molecule has 3 rings (SSSR count). The Kier molecular flexibility index (Phi) is 14.6. The third-order valence-electron chi connectivity index (χ3n) is 8.85. The van der Waals surface area contributed by atoms with E-state index >= 15 is 0 Å². The van der Waals surface area contributed by atoms with Crippen molar-refractivity contribution in [3.8, 4) is 11.1 Å². The number of carbonyl (C=O) groups excluding carboxylic acids is 3. The van der Waals surface area contributed by atoms with Crippen LogP contribution in [0, 0.1) is 17.8 Å². The molecule has 6 atom stereocenters. The zero-order chi connectivity index (χ0) is 35.4. The van der Waals surface area contributed by atoms with Gasteiger partial charge in [0.15, 0.2) is 0 Å². The second-order valence-corrected chi connectivity index (χ2v) is 13.6. The normalized spacial score (nSPS) is 14.9. The van der Waals surface area contributed by atoms with Crippen LogP contribution in [0.1, 0.15) is 81.0 Å². The van der Waals surface area contributed by atoms with Crippen molar-refractivity contribution in [2.24, 2.45) is 22.9 Å². The standard InChI is InChI=1S/C36H48N6O5S/c1-8-23(4)32(40-41-37)35(45)42(6)30(22(2)3)20-31(43)34-39-29(21-48-34)33(44)38-28(18-24(5)36(46)47-7)19-25-14-16-27(17-15-25)26-12-10-9-11-13-26/h9-17,21-24,28,30-32,43H,8,18-20H2,1-7H3,(H,38,44)/t23?,24-,28+,30?,31+,32-/m0/s1. The molecule has 0 aliphatic carbocycles. The number of rotatable bonds is 17. The lowest BCUT2D eigenvalue weighted by Gasteiger charge is -2.35. The van der Waals surface area contributed by atoms with Gasteiger partial charge in [0, 0.05) is 35.8 Å². The van der Waals surface area contributed by atoms with E-state index in [9.17, 15) is 19.5 Å². The van der Waals surface area contributed by atoms with E-state index in [-0.39, 0.29) is 47.9 Å². The van der Waals surface area contributed by atoms with E-state index < -0.39 is 24.0 Å². The topological polar surface area (TPSA) is 158 Å². The minimum atomic E-state index is -1.03. The van der Waals surface area contributed by atoms with Gasteiger partial charge in [-0.1, -0.05) is 101 Å². The minimum absolute atomic E-state index is 0.0145. The van der Waals surface area contributed by atoms with Crippen LogP contribution < -0.4 is 5.32 Å². The van der Waals surface area contributed by atoms with Gasteiger partial charge in [-0.05, 0) is 46.9 Å². The van der Waals surface area contributed by atoms with E-state index in [1.165, 1.54) is 18.4 Å². The second-order valence-electron chi connectivity index (χ2n) is 12.7. The van der Waals surface area contributed by atoms with Gasteiger partial charge in [-0.15, -0.1) is 11.3 Å². The summed E-state index contributed by atoms with van der Waals surface area (Å²) >= 11 is 1.17. The number of likely N-dealkylation sites (N-methyl/N-ethyl adjacent to an activating group) is 1. The summed E-state index contributed by atoms with van der Waals surface area (Å²) in [5.74, 6) is -1.66. The fourth-order valence-corrected chi connectivity index (χ4v) is 6.53. The number of ether oxygens (including phenoxy) is 1. The molecule has 1 heterocycles. The first-order valence-corrected chi connectivity index (χ1v) is 17.2. The number of aliphatic hydroxyl groups excluding tert-OH is 1. The summed E-state index contributed by atoms with van der Waals surface area (Å²) in [6, 6.07) is 16.6. The van der Waals surface area contributed by atoms with Gasteiger partial charge >= 0.3 is 5.97 Å². The highest BCUT2D eigenvalue weighted by molar-refractivity contribution is 7.09. The molecular formula is C36H48N6O5S. The number of methoxy groups -OCH3 is 1. The highest BCUT2D eigenvalue weighted by atomic mass is 32.1. The molecule has 48 heavy (non-hydrogen) atoms. The molecule has 0 spiro atoms. The van der Waals surface area contributed by atoms with Crippen molar-refractivity contribution in [1.82, 2.24) is 15.2 Å². The second kappa shape index (κ2) is 18.3. The van der Waals surface area contributed by atoms with Gasteiger partial charge in [-0.25, -0.2) is 4.98 Å². The predicted molar refractivity (Wildman–Crippen MR) is 188 cm³/mol. The first-order valence-electron chi connectivity index (χ1n) is 16.4. The SMILES string of the molecule is CCC(C)[C@H](N=[N+]=[N-])C(=O)N(C)C(C[C@@H](O)c1nc(C(=O)N[C@@H](Cc2ccc(-c3ccccc3)cc2)C[C@H](C)C(=O)OC)cs1)C(C)C. The molecule has 258 valence electrons. The van der Waals surface area contributed by atoms with Crippen molar-refractivity contribution in [1.29, 1.82) is 0 Å². The summed E-state index contributed by atoms with van der Waals surface area (Å²) in [5, 5.41) is 20.0. The molecule has 2 aromatic carbocycles. The van der Waals surface area contributed by atoms with Gasteiger partial charge < -0.3 is 20.1 Å². The first kappa shape index (κ1) is 38.2. The Morgan fingerprint density at radius 2 is 1.69 bits per heavy atom. The highest BCUT2D eigenvalue weighted by Gasteiger charge is 2.33. The summed E-state index contributed by atoms with van der Waals surface area (Å²) < 4.78 is 4.93. The Labute approximate surface area is 287 Å². The number of carbonyl (C=O) groups is 3. The number of benzene rings is 2. The number of nitrogens with zero attached hydrogens (tertiary/aromatic N) is 5. The lowest BCUT2D eigenvalue weighted by atomic mass is 9.93. The van der Waals surface area contributed by atoms with E-state index in [2.05, 4.69) is 20.3 Å². The minimum Gasteiger partial charge on any atom is -0.469 e. The zero-order valence-electron chi connectivity index (χ0n) is 28.9. The summed E-state index contributed by atoms with van der Waals surface area (Å²) in [4.78, 5) is 47.9. The number of aromatic nitrogens is 1. The van der Waals surface area contributed by atoms with Gasteiger partial charge in [0.25, 0.3) is 5.91 Å². The summed E-state index contributed by atoms with van der Waals surface area (Å²) in [6.45, 7) is 9.49. The third-order valence-corrected chi connectivity index (χ3v) is 9.80. The van der Waals surface area contributed by atoms with Crippen LogP contribution in [0.25, 0.3) is 21.6 Å². The summed E-state index contributed by atoms with van der Waals surface area (Å²) in [5.41, 5.74) is 12.4. The first-order chi connectivity index (χ1) is 22.9. The van der Waals surface area contributed by atoms with Crippen LogP contribution in [0.15, 0.2) is 65.1 Å². The van der Waals surface area contributed by atoms with Gasteiger partial charge in [-0.2, -0.15) is 0 Å². The largest absolute Gasteiger partial charge is 0.469 e. The van der Waals surface area contributed by atoms with Crippen molar-refractivity contribution >= 4 is 29.1 Å². The van der Waals surface area contributed by atoms with Crippen molar-refractivity contribution in [2.45, 2.75) is 84.5 Å². The Morgan fingerprint density at radius 3 is 2.27 bits per heavy atom. The molecule has 0 aliphatic rings. The van der Waals surface area contributed by atoms with Crippen LogP contribution in [0.2, 0.25) is 0 Å². The Hall–Kier alpha value is -4.25. The van der Waals surface area contributed by atoms with Crippen molar-refractivity contribution < 1.29 is 24.2 Å². The quantitative estimate of drug-likeness (QED) is 0.0680. The fourth-order valence-electron chi connectivity index (χ4n) is 5.73. The molecule has 0 saturated heterocycles. The highest BCUT2D eigenvalue weighted by Crippen LogP contribution is 2.28. The van der Waals surface area contributed by atoms with Gasteiger partial charge in [0.1, 0.15) is 22.8 Å². The van der Waals surface area contributed by atoms with Crippen LogP contribution in [0.5, 0.6) is 0 Å². The third kappa shape index (κ3) is 10.4. The van der Waals surface area contributed by atoms with E-state index in [0.29, 0.717) is 24.3 Å². The van der Waals surface area contributed by atoms with Gasteiger partial charge in [0.05, 0.1) is 13.0 Å². The molecule has 12 heteroatoms.